The smallest absolute Gasteiger partial charge is 0.317 e. The number of aliphatic carboxylic acids is 1. The molecular formula is C15H26N2O3. The average molecular weight is 282 g/mol. The Bertz CT molecular complexity index is 357. The van der Waals surface area contributed by atoms with E-state index in [2.05, 4.69) is 5.32 Å². The maximum Gasteiger partial charge on any atom is 0.317 e. The number of carbonyl (C=O) groups is 2. The van der Waals surface area contributed by atoms with Gasteiger partial charge in [0.05, 0.1) is 6.42 Å². The van der Waals surface area contributed by atoms with Crippen LogP contribution in [0.5, 0.6) is 0 Å². The third-order valence-electron chi connectivity index (χ3n) is 4.75. The minimum absolute atomic E-state index is 0.00414. The van der Waals surface area contributed by atoms with E-state index >= 15 is 0 Å². The van der Waals surface area contributed by atoms with Gasteiger partial charge >= 0.3 is 12.0 Å². The highest BCUT2D eigenvalue weighted by Gasteiger charge is 2.36. The van der Waals surface area contributed by atoms with Gasteiger partial charge < -0.3 is 15.3 Å². The molecule has 0 aromatic rings. The van der Waals surface area contributed by atoms with E-state index < -0.39 is 5.97 Å². The Morgan fingerprint density at radius 1 is 1.25 bits per heavy atom. The SMILES string of the molecule is CCC(CC(=O)O)NC(=O)N1CCCC2CCCCC21. The third-order valence-corrected chi connectivity index (χ3v) is 4.75. The maximum absolute atomic E-state index is 12.4. The third kappa shape index (κ3) is 3.64. The fraction of sp³-hybridized carbons (Fsp3) is 0.867. The number of carboxylic acid groups (broad SMARTS) is 1. The van der Waals surface area contributed by atoms with Gasteiger partial charge in [-0.15, -0.1) is 0 Å². The number of carboxylic acids is 1. The lowest BCUT2D eigenvalue weighted by atomic mass is 9.78. The lowest BCUT2D eigenvalue weighted by Crippen LogP contribution is -2.55. The predicted octanol–water partition coefficient (Wildman–Crippen LogP) is 2.60. The number of fused-ring (bicyclic) bond motifs is 1. The molecule has 20 heavy (non-hydrogen) atoms. The molecule has 0 bridgehead atoms. The molecule has 2 N–H and O–H groups in total. The van der Waals surface area contributed by atoms with Crippen LogP contribution in [0.3, 0.4) is 0 Å². The van der Waals surface area contributed by atoms with Crippen molar-refractivity contribution in [2.24, 2.45) is 5.92 Å². The molecule has 1 aliphatic heterocycles. The minimum atomic E-state index is -0.855. The van der Waals surface area contributed by atoms with Gasteiger partial charge in [0.15, 0.2) is 0 Å². The largest absolute Gasteiger partial charge is 0.481 e. The number of rotatable bonds is 4. The van der Waals surface area contributed by atoms with Gasteiger partial charge in [-0.1, -0.05) is 19.8 Å². The van der Waals surface area contributed by atoms with Gasteiger partial charge in [0.25, 0.3) is 0 Å². The molecule has 1 saturated carbocycles. The van der Waals surface area contributed by atoms with Gasteiger partial charge in [-0.25, -0.2) is 4.79 Å². The summed E-state index contributed by atoms with van der Waals surface area (Å²) in [6.07, 6.45) is 7.80. The lowest BCUT2D eigenvalue weighted by molar-refractivity contribution is -0.137. The number of likely N-dealkylation sites (tertiary alicyclic amines) is 1. The molecule has 5 nitrogen and oxygen atoms in total. The number of urea groups is 1. The number of hydrogen-bond donors (Lipinski definition) is 2. The maximum atomic E-state index is 12.4. The molecule has 1 aliphatic carbocycles. The van der Waals surface area contributed by atoms with Gasteiger partial charge in [0.2, 0.25) is 0 Å². The van der Waals surface area contributed by atoms with Crippen molar-refractivity contribution in [1.29, 1.82) is 0 Å². The van der Waals surface area contributed by atoms with Crippen LogP contribution >= 0.6 is 0 Å². The Morgan fingerprint density at radius 2 is 1.95 bits per heavy atom. The van der Waals surface area contributed by atoms with Gasteiger partial charge in [0.1, 0.15) is 0 Å². The first-order valence-electron chi connectivity index (χ1n) is 7.90. The van der Waals surface area contributed by atoms with E-state index in [1.165, 1.54) is 25.7 Å². The molecule has 2 aliphatic rings. The van der Waals surface area contributed by atoms with Crippen LogP contribution < -0.4 is 5.32 Å². The Morgan fingerprint density at radius 3 is 2.65 bits per heavy atom. The van der Waals surface area contributed by atoms with E-state index in [1.54, 1.807) is 0 Å². The predicted molar refractivity (Wildman–Crippen MR) is 76.5 cm³/mol. The fourth-order valence-electron chi connectivity index (χ4n) is 3.64. The second-order valence-corrected chi connectivity index (χ2v) is 6.10. The van der Waals surface area contributed by atoms with E-state index in [1.807, 2.05) is 11.8 Å². The van der Waals surface area contributed by atoms with E-state index in [4.69, 9.17) is 5.11 Å². The van der Waals surface area contributed by atoms with Crippen molar-refractivity contribution in [2.75, 3.05) is 6.54 Å². The monoisotopic (exact) mass is 282 g/mol. The second-order valence-electron chi connectivity index (χ2n) is 6.10. The summed E-state index contributed by atoms with van der Waals surface area (Å²) in [5.41, 5.74) is 0. The number of amides is 2. The van der Waals surface area contributed by atoms with Crippen LogP contribution in [-0.2, 0) is 4.79 Å². The Kier molecular flexibility index (Phi) is 5.26. The summed E-state index contributed by atoms with van der Waals surface area (Å²) in [4.78, 5) is 25.2. The first-order valence-corrected chi connectivity index (χ1v) is 7.90. The standard InChI is InChI=1S/C15H26N2O3/c1-2-12(10-14(18)19)16-15(20)17-9-5-7-11-6-3-4-8-13(11)17/h11-13H,2-10H2,1H3,(H,16,20)(H,18,19). The van der Waals surface area contributed by atoms with Gasteiger partial charge in [-0.2, -0.15) is 0 Å². The Labute approximate surface area is 120 Å². The number of carbonyl (C=O) groups excluding carboxylic acids is 1. The van der Waals surface area contributed by atoms with Gasteiger partial charge in [-0.3, -0.25) is 4.79 Å². The normalized spacial score (nSPS) is 27.6. The molecule has 2 amide bonds. The number of nitrogens with zero attached hydrogens (tertiary/aromatic N) is 1. The van der Waals surface area contributed by atoms with Crippen molar-refractivity contribution in [1.82, 2.24) is 10.2 Å². The zero-order chi connectivity index (χ0) is 14.5. The summed E-state index contributed by atoms with van der Waals surface area (Å²) >= 11 is 0. The molecule has 0 aromatic heterocycles. The highest BCUT2D eigenvalue weighted by molar-refractivity contribution is 5.76. The average Bonchev–Trinajstić information content (AvgIpc) is 2.45. The van der Waals surface area contributed by atoms with Gasteiger partial charge in [0, 0.05) is 18.6 Å². The fourth-order valence-corrected chi connectivity index (χ4v) is 3.64. The molecule has 2 rings (SSSR count). The number of hydrogen-bond acceptors (Lipinski definition) is 2. The van der Waals surface area contributed by atoms with Crippen molar-refractivity contribution < 1.29 is 14.7 Å². The van der Waals surface area contributed by atoms with Crippen molar-refractivity contribution >= 4 is 12.0 Å². The summed E-state index contributed by atoms with van der Waals surface area (Å²) in [5.74, 6) is -0.200. The van der Waals surface area contributed by atoms with E-state index in [-0.39, 0.29) is 18.5 Å². The van der Waals surface area contributed by atoms with Crippen LogP contribution in [0.1, 0.15) is 58.3 Å². The van der Waals surface area contributed by atoms with Crippen LogP contribution in [0.2, 0.25) is 0 Å². The van der Waals surface area contributed by atoms with Crippen molar-refractivity contribution in [3.8, 4) is 0 Å². The van der Waals surface area contributed by atoms with Crippen molar-refractivity contribution in [3.63, 3.8) is 0 Å². The first kappa shape index (κ1) is 15.1. The molecule has 3 unspecified atom stereocenters. The minimum Gasteiger partial charge on any atom is -0.481 e. The number of piperidine rings is 1. The zero-order valence-electron chi connectivity index (χ0n) is 12.3. The highest BCUT2D eigenvalue weighted by atomic mass is 16.4. The van der Waals surface area contributed by atoms with Crippen LogP contribution in [0.15, 0.2) is 0 Å². The molecule has 1 heterocycles. The summed E-state index contributed by atoms with van der Waals surface area (Å²) in [6.45, 7) is 2.73. The van der Waals surface area contributed by atoms with Gasteiger partial charge in [-0.05, 0) is 38.0 Å². The molecule has 1 saturated heterocycles. The summed E-state index contributed by atoms with van der Waals surface area (Å²) in [6, 6.07) is 0.0542. The zero-order valence-corrected chi connectivity index (χ0v) is 12.3. The molecule has 0 spiro atoms. The molecule has 2 fully saturated rings. The first-order chi connectivity index (χ1) is 9.61. The molecule has 3 atom stereocenters. The van der Waals surface area contributed by atoms with Crippen LogP contribution in [0.4, 0.5) is 4.79 Å². The second kappa shape index (κ2) is 6.95. The van der Waals surface area contributed by atoms with Crippen LogP contribution in [-0.4, -0.2) is 40.6 Å². The van der Waals surface area contributed by atoms with Crippen molar-refractivity contribution in [2.45, 2.75) is 70.4 Å². The highest BCUT2D eigenvalue weighted by Crippen LogP contribution is 2.35. The summed E-state index contributed by atoms with van der Waals surface area (Å²) in [7, 11) is 0. The Hall–Kier alpha value is -1.26. The quantitative estimate of drug-likeness (QED) is 0.832. The van der Waals surface area contributed by atoms with Crippen molar-refractivity contribution in [3.05, 3.63) is 0 Å². The topological polar surface area (TPSA) is 69.6 Å². The molecule has 0 aromatic carbocycles. The molecule has 114 valence electrons. The van der Waals surface area contributed by atoms with E-state index in [0.717, 1.165) is 19.4 Å². The lowest BCUT2D eigenvalue weighted by Gasteiger charge is -2.44. The summed E-state index contributed by atoms with van der Waals surface area (Å²) < 4.78 is 0. The van der Waals surface area contributed by atoms with Crippen LogP contribution in [0.25, 0.3) is 0 Å². The molecular weight excluding hydrogens is 256 g/mol. The van der Waals surface area contributed by atoms with E-state index in [0.29, 0.717) is 18.4 Å². The molecule has 5 heteroatoms. The van der Waals surface area contributed by atoms with Crippen LogP contribution in [0, 0.1) is 5.92 Å². The number of nitrogens with one attached hydrogen (secondary N) is 1. The summed E-state index contributed by atoms with van der Waals surface area (Å²) in [5, 5.41) is 11.8. The molecule has 0 radical (unpaired) electrons. The Balaban J connectivity index is 1.94. The van der Waals surface area contributed by atoms with E-state index in [9.17, 15) is 9.59 Å².